The molecule has 128 valence electrons. The Balaban J connectivity index is 2.29. The van der Waals surface area contributed by atoms with E-state index in [0.29, 0.717) is 0 Å². The molecule has 2 unspecified atom stereocenters. The standard InChI is InChI=1S/C18H21NO4S/c1-18(2,3)23-17(22)15(14(19)16(20)21)24-13-9-8-11-6-4-5-7-12(11)10-13/h4-10,14-15H,19H2,1-3H3,(H,20,21). The fraction of sp³-hybridized carbons (Fsp3) is 0.333. The Morgan fingerprint density at radius 2 is 1.75 bits per heavy atom. The van der Waals surface area contributed by atoms with E-state index < -0.39 is 28.8 Å². The number of carbonyl (C=O) groups excluding carboxylic acids is 1. The maximum Gasteiger partial charge on any atom is 0.322 e. The molecule has 0 fully saturated rings. The number of esters is 1. The van der Waals surface area contributed by atoms with Gasteiger partial charge in [-0.1, -0.05) is 30.3 Å². The highest BCUT2D eigenvalue weighted by Crippen LogP contribution is 2.30. The van der Waals surface area contributed by atoms with Crippen LogP contribution in [0.1, 0.15) is 20.8 Å². The number of carbonyl (C=O) groups is 2. The van der Waals surface area contributed by atoms with Crippen molar-refractivity contribution in [3.63, 3.8) is 0 Å². The Hall–Kier alpha value is -2.05. The molecule has 0 aliphatic carbocycles. The molecule has 0 aliphatic heterocycles. The van der Waals surface area contributed by atoms with Gasteiger partial charge in [0, 0.05) is 4.90 Å². The summed E-state index contributed by atoms with van der Waals surface area (Å²) in [6, 6.07) is 12.1. The molecule has 2 rings (SSSR count). The molecule has 0 bridgehead atoms. The minimum Gasteiger partial charge on any atom is -0.480 e. The van der Waals surface area contributed by atoms with Crippen LogP contribution in [-0.2, 0) is 14.3 Å². The van der Waals surface area contributed by atoms with Crippen molar-refractivity contribution >= 4 is 34.5 Å². The van der Waals surface area contributed by atoms with Gasteiger partial charge in [-0.15, -0.1) is 11.8 Å². The molecule has 2 aromatic carbocycles. The van der Waals surface area contributed by atoms with E-state index in [4.69, 9.17) is 10.5 Å². The van der Waals surface area contributed by atoms with Gasteiger partial charge in [-0.25, -0.2) is 0 Å². The summed E-state index contributed by atoms with van der Waals surface area (Å²) in [4.78, 5) is 24.4. The summed E-state index contributed by atoms with van der Waals surface area (Å²) >= 11 is 1.11. The van der Waals surface area contributed by atoms with Gasteiger partial charge in [-0.2, -0.15) is 0 Å². The van der Waals surface area contributed by atoms with Crippen LogP contribution in [0.4, 0.5) is 0 Å². The van der Waals surface area contributed by atoms with Crippen molar-refractivity contribution in [3.05, 3.63) is 42.5 Å². The number of hydrogen-bond donors (Lipinski definition) is 2. The van der Waals surface area contributed by atoms with E-state index in [-0.39, 0.29) is 0 Å². The molecule has 6 heteroatoms. The molecule has 24 heavy (non-hydrogen) atoms. The number of benzene rings is 2. The van der Waals surface area contributed by atoms with Gasteiger partial charge in [-0.3, -0.25) is 9.59 Å². The van der Waals surface area contributed by atoms with E-state index >= 15 is 0 Å². The zero-order valence-electron chi connectivity index (χ0n) is 13.9. The number of thioether (sulfide) groups is 1. The van der Waals surface area contributed by atoms with E-state index in [2.05, 4.69) is 0 Å². The first-order valence-electron chi connectivity index (χ1n) is 7.54. The SMILES string of the molecule is CC(C)(C)OC(=O)C(Sc1ccc2ccccc2c1)C(N)C(=O)O. The summed E-state index contributed by atoms with van der Waals surface area (Å²) in [7, 11) is 0. The summed E-state index contributed by atoms with van der Waals surface area (Å²) in [5, 5.41) is 10.3. The Kier molecular flexibility index (Phi) is 5.51. The Bertz CT molecular complexity index is 754. The van der Waals surface area contributed by atoms with Gasteiger partial charge in [0.15, 0.2) is 0 Å². The van der Waals surface area contributed by atoms with Crippen LogP contribution in [-0.4, -0.2) is 33.9 Å². The summed E-state index contributed by atoms with van der Waals surface area (Å²) in [5.74, 6) is -1.87. The topological polar surface area (TPSA) is 89.6 Å². The highest BCUT2D eigenvalue weighted by molar-refractivity contribution is 8.00. The minimum atomic E-state index is -1.35. The van der Waals surface area contributed by atoms with E-state index in [1.165, 1.54) is 0 Å². The lowest BCUT2D eigenvalue weighted by molar-refractivity contribution is -0.157. The molecular formula is C18H21NO4S. The fourth-order valence-electron chi connectivity index (χ4n) is 2.14. The Morgan fingerprint density at radius 3 is 2.33 bits per heavy atom. The van der Waals surface area contributed by atoms with E-state index in [0.717, 1.165) is 27.4 Å². The monoisotopic (exact) mass is 347 g/mol. The van der Waals surface area contributed by atoms with Crippen LogP contribution in [0.25, 0.3) is 10.8 Å². The lowest BCUT2D eigenvalue weighted by Crippen LogP contribution is -2.46. The van der Waals surface area contributed by atoms with Crippen LogP contribution < -0.4 is 5.73 Å². The van der Waals surface area contributed by atoms with Crippen molar-refractivity contribution in [3.8, 4) is 0 Å². The first kappa shape index (κ1) is 18.3. The number of carboxylic acids is 1. The molecule has 5 nitrogen and oxygen atoms in total. The molecule has 0 saturated heterocycles. The van der Waals surface area contributed by atoms with Crippen LogP contribution in [0, 0.1) is 0 Å². The maximum atomic E-state index is 12.4. The molecule has 2 aromatic rings. The Labute approximate surface area is 145 Å². The van der Waals surface area contributed by atoms with Crippen LogP contribution >= 0.6 is 11.8 Å². The number of ether oxygens (including phenoxy) is 1. The molecule has 2 atom stereocenters. The zero-order chi connectivity index (χ0) is 17.9. The average molecular weight is 347 g/mol. The van der Waals surface area contributed by atoms with Crippen LogP contribution in [0.5, 0.6) is 0 Å². The number of rotatable bonds is 5. The van der Waals surface area contributed by atoms with E-state index in [1.54, 1.807) is 20.8 Å². The molecule has 0 amide bonds. The normalized spacial score (nSPS) is 14.2. The molecule has 0 spiro atoms. The zero-order valence-corrected chi connectivity index (χ0v) is 14.7. The largest absolute Gasteiger partial charge is 0.480 e. The molecular weight excluding hydrogens is 326 g/mol. The average Bonchev–Trinajstić information content (AvgIpc) is 2.50. The summed E-state index contributed by atoms with van der Waals surface area (Å²) < 4.78 is 5.33. The van der Waals surface area contributed by atoms with Crippen LogP contribution in [0.3, 0.4) is 0 Å². The molecule has 0 heterocycles. The van der Waals surface area contributed by atoms with Crippen LogP contribution in [0.2, 0.25) is 0 Å². The van der Waals surface area contributed by atoms with Gasteiger partial charge in [0.05, 0.1) is 0 Å². The van der Waals surface area contributed by atoms with Crippen molar-refractivity contribution < 1.29 is 19.4 Å². The predicted octanol–water partition coefficient (Wildman–Crippen LogP) is 3.05. The van der Waals surface area contributed by atoms with E-state index in [1.807, 2.05) is 42.5 Å². The van der Waals surface area contributed by atoms with E-state index in [9.17, 15) is 14.7 Å². The third kappa shape index (κ3) is 4.72. The molecule has 3 N–H and O–H groups in total. The number of hydrogen-bond acceptors (Lipinski definition) is 5. The predicted molar refractivity (Wildman–Crippen MR) is 95.0 cm³/mol. The van der Waals surface area contributed by atoms with Crippen LogP contribution in [0.15, 0.2) is 47.4 Å². The van der Waals surface area contributed by atoms with Gasteiger partial charge < -0.3 is 15.6 Å². The maximum absolute atomic E-state index is 12.4. The quantitative estimate of drug-likeness (QED) is 0.638. The highest BCUT2D eigenvalue weighted by atomic mass is 32.2. The second-order valence-corrected chi connectivity index (χ2v) is 7.66. The third-order valence-electron chi connectivity index (χ3n) is 3.23. The van der Waals surface area contributed by atoms with Crippen molar-refractivity contribution in [1.29, 1.82) is 0 Å². The van der Waals surface area contributed by atoms with Gasteiger partial charge in [0.2, 0.25) is 0 Å². The van der Waals surface area contributed by atoms with Crippen molar-refractivity contribution in [2.45, 2.75) is 42.6 Å². The smallest absolute Gasteiger partial charge is 0.322 e. The second kappa shape index (κ2) is 7.23. The fourth-order valence-corrected chi connectivity index (χ4v) is 3.19. The number of nitrogens with two attached hydrogens (primary N) is 1. The summed E-state index contributed by atoms with van der Waals surface area (Å²) in [6.07, 6.45) is 0. The van der Waals surface area contributed by atoms with Crippen molar-refractivity contribution in [1.82, 2.24) is 0 Å². The minimum absolute atomic E-state index is 0.629. The number of fused-ring (bicyclic) bond motifs is 1. The molecule has 0 radical (unpaired) electrons. The summed E-state index contributed by atoms with van der Waals surface area (Å²) in [6.45, 7) is 5.19. The first-order valence-corrected chi connectivity index (χ1v) is 8.42. The lowest BCUT2D eigenvalue weighted by Gasteiger charge is -2.25. The second-order valence-electron chi connectivity index (χ2n) is 6.44. The lowest BCUT2D eigenvalue weighted by atomic mass is 10.1. The number of aliphatic carboxylic acids is 1. The highest BCUT2D eigenvalue weighted by Gasteiger charge is 2.35. The van der Waals surface area contributed by atoms with Gasteiger partial charge >= 0.3 is 11.9 Å². The van der Waals surface area contributed by atoms with Gasteiger partial charge in [0.1, 0.15) is 16.9 Å². The molecule has 0 saturated carbocycles. The van der Waals surface area contributed by atoms with Gasteiger partial charge in [0.25, 0.3) is 0 Å². The van der Waals surface area contributed by atoms with Crippen molar-refractivity contribution in [2.75, 3.05) is 0 Å². The number of carboxylic acid groups (broad SMARTS) is 1. The summed E-state index contributed by atoms with van der Waals surface area (Å²) in [5.41, 5.74) is 5.01. The Morgan fingerprint density at radius 1 is 1.12 bits per heavy atom. The van der Waals surface area contributed by atoms with Crippen molar-refractivity contribution in [2.24, 2.45) is 5.73 Å². The molecule has 0 aliphatic rings. The first-order chi connectivity index (χ1) is 11.2. The molecule has 0 aromatic heterocycles. The van der Waals surface area contributed by atoms with Gasteiger partial charge in [-0.05, 0) is 43.7 Å². The third-order valence-corrected chi connectivity index (χ3v) is 4.50.